The fourth-order valence-corrected chi connectivity index (χ4v) is 1.97. The summed E-state index contributed by atoms with van der Waals surface area (Å²) in [6, 6.07) is 3.81. The molecule has 1 N–H and O–H groups in total. The number of hydrogen-bond donors (Lipinski definition) is 1. The first-order valence-corrected chi connectivity index (χ1v) is 4.59. The van der Waals surface area contributed by atoms with Crippen LogP contribution in [0.5, 0.6) is 5.75 Å². The Bertz CT molecular complexity index is 275. The molecule has 0 heterocycles. The van der Waals surface area contributed by atoms with Crippen molar-refractivity contribution in [1.82, 2.24) is 0 Å². The molecule has 0 aromatic heterocycles. The number of aromatic hydroxyl groups is 1. The third-order valence-corrected chi connectivity index (χ3v) is 2.75. The van der Waals surface area contributed by atoms with E-state index in [4.69, 9.17) is 0 Å². The number of hydrogen-bond acceptors (Lipinski definition) is 1. The van der Waals surface area contributed by atoms with Crippen LogP contribution in [-0.2, 0) is 12.8 Å². The first kappa shape index (κ1) is 7.66. The third kappa shape index (κ3) is 1.20. The molecule has 0 atom stereocenters. The van der Waals surface area contributed by atoms with E-state index in [-0.39, 0.29) is 0 Å². The fraction of sp³-hybridized carbons (Fsp3) is 0.455. The minimum absolute atomic E-state index is 0.438. The van der Waals surface area contributed by atoms with Gasteiger partial charge in [-0.25, -0.2) is 0 Å². The van der Waals surface area contributed by atoms with Crippen LogP contribution in [0.4, 0.5) is 0 Å². The van der Waals surface area contributed by atoms with Crippen LogP contribution < -0.4 is 0 Å². The monoisotopic (exact) mass is 162 g/mol. The van der Waals surface area contributed by atoms with Gasteiger partial charge in [0.15, 0.2) is 0 Å². The first-order valence-electron chi connectivity index (χ1n) is 4.59. The largest absolute Gasteiger partial charge is 0.508 e. The van der Waals surface area contributed by atoms with Crippen molar-refractivity contribution in [3.8, 4) is 5.75 Å². The molecule has 0 radical (unpaired) electrons. The van der Waals surface area contributed by atoms with Crippen molar-refractivity contribution in [1.29, 1.82) is 0 Å². The fourth-order valence-electron chi connectivity index (χ4n) is 1.97. The molecule has 1 nitrogen and oxygen atoms in total. The predicted octanol–water partition coefficient (Wildman–Crippen LogP) is 2.58. The predicted molar refractivity (Wildman–Crippen MR) is 49.5 cm³/mol. The van der Waals surface area contributed by atoms with Crippen molar-refractivity contribution in [2.75, 3.05) is 0 Å². The van der Waals surface area contributed by atoms with Gasteiger partial charge in [0.2, 0.25) is 0 Å². The lowest BCUT2D eigenvalue weighted by molar-refractivity contribution is 0.474. The number of fused-ring (bicyclic) bond motifs is 2. The normalized spacial score (nSPS) is 15.8. The molecule has 0 aliphatic heterocycles. The summed E-state index contributed by atoms with van der Waals surface area (Å²) in [5.41, 5.74) is 4.07. The topological polar surface area (TPSA) is 20.2 Å². The lowest BCUT2D eigenvalue weighted by Gasteiger charge is -2.06. The van der Waals surface area contributed by atoms with Gasteiger partial charge in [-0.3, -0.25) is 0 Å². The van der Waals surface area contributed by atoms with Crippen molar-refractivity contribution >= 4 is 0 Å². The van der Waals surface area contributed by atoms with E-state index in [1.54, 1.807) is 0 Å². The molecule has 64 valence electrons. The lowest BCUT2D eigenvalue weighted by atomic mass is 10.0. The van der Waals surface area contributed by atoms with Gasteiger partial charge in [-0.05, 0) is 61.4 Å². The van der Waals surface area contributed by atoms with E-state index in [1.165, 1.54) is 29.5 Å². The maximum atomic E-state index is 9.41. The quantitative estimate of drug-likeness (QED) is 0.621. The van der Waals surface area contributed by atoms with Gasteiger partial charge in [0.25, 0.3) is 0 Å². The zero-order valence-corrected chi connectivity index (χ0v) is 7.43. The molecule has 1 heteroatoms. The minimum Gasteiger partial charge on any atom is -0.508 e. The second-order valence-corrected chi connectivity index (χ2v) is 3.60. The molecule has 2 bridgehead atoms. The van der Waals surface area contributed by atoms with Crippen molar-refractivity contribution in [3.63, 3.8) is 0 Å². The van der Waals surface area contributed by atoms with Crippen molar-refractivity contribution in [2.45, 2.75) is 32.6 Å². The zero-order valence-electron chi connectivity index (χ0n) is 7.43. The maximum absolute atomic E-state index is 9.41. The van der Waals surface area contributed by atoms with Crippen LogP contribution in [0.25, 0.3) is 0 Å². The van der Waals surface area contributed by atoms with Crippen LogP contribution in [0, 0.1) is 6.92 Å². The molecular weight excluding hydrogens is 148 g/mol. The summed E-state index contributed by atoms with van der Waals surface area (Å²) in [5, 5.41) is 9.41. The molecule has 1 aromatic rings. The Hall–Kier alpha value is -0.980. The van der Waals surface area contributed by atoms with E-state index in [0.717, 1.165) is 12.8 Å². The van der Waals surface area contributed by atoms with Gasteiger partial charge in [0, 0.05) is 0 Å². The number of phenolic OH excluding ortho intramolecular Hbond substituents is 1. The van der Waals surface area contributed by atoms with Gasteiger partial charge in [0.1, 0.15) is 5.75 Å². The molecule has 0 spiro atoms. The van der Waals surface area contributed by atoms with Crippen LogP contribution >= 0.6 is 0 Å². The Labute approximate surface area is 73.0 Å². The number of phenols is 1. The smallest absolute Gasteiger partial charge is 0.116 e. The summed E-state index contributed by atoms with van der Waals surface area (Å²) in [5.74, 6) is 0.438. The van der Waals surface area contributed by atoms with Crippen LogP contribution in [0.15, 0.2) is 12.1 Å². The van der Waals surface area contributed by atoms with Crippen LogP contribution in [0.2, 0.25) is 0 Å². The van der Waals surface area contributed by atoms with Gasteiger partial charge in [-0.1, -0.05) is 0 Å². The average Bonchev–Trinajstić information content (AvgIpc) is 2.19. The molecule has 0 saturated heterocycles. The lowest BCUT2D eigenvalue weighted by Crippen LogP contribution is -1.90. The summed E-state index contributed by atoms with van der Waals surface area (Å²) in [6.07, 6.45) is 4.78. The average molecular weight is 162 g/mol. The zero-order chi connectivity index (χ0) is 8.55. The standard InChI is InChI=1S/C11H14O/c1-8-9-4-2-3-5-10(8)7-11(12)6-9/h6-7,12H,2-5H2,1H3. The molecule has 0 fully saturated rings. The van der Waals surface area contributed by atoms with E-state index in [2.05, 4.69) is 6.92 Å². The minimum atomic E-state index is 0.438. The highest BCUT2D eigenvalue weighted by atomic mass is 16.3. The molecule has 12 heavy (non-hydrogen) atoms. The highest BCUT2D eigenvalue weighted by Gasteiger charge is 2.10. The Morgan fingerprint density at radius 1 is 1.08 bits per heavy atom. The molecule has 0 saturated carbocycles. The Balaban J connectivity index is 2.56. The number of benzene rings is 1. The van der Waals surface area contributed by atoms with E-state index < -0.39 is 0 Å². The third-order valence-electron chi connectivity index (χ3n) is 2.75. The first-order chi connectivity index (χ1) is 5.77. The van der Waals surface area contributed by atoms with Crippen LogP contribution in [-0.4, -0.2) is 5.11 Å². The molecule has 0 unspecified atom stereocenters. The highest BCUT2D eigenvalue weighted by molar-refractivity contribution is 5.41. The Kier molecular flexibility index (Phi) is 1.80. The Morgan fingerprint density at radius 2 is 1.58 bits per heavy atom. The van der Waals surface area contributed by atoms with E-state index in [1.807, 2.05) is 12.1 Å². The van der Waals surface area contributed by atoms with Gasteiger partial charge in [-0.2, -0.15) is 0 Å². The van der Waals surface area contributed by atoms with Gasteiger partial charge < -0.3 is 5.11 Å². The summed E-state index contributed by atoms with van der Waals surface area (Å²) in [6.45, 7) is 2.16. The van der Waals surface area contributed by atoms with E-state index in [9.17, 15) is 5.11 Å². The summed E-state index contributed by atoms with van der Waals surface area (Å²) < 4.78 is 0. The maximum Gasteiger partial charge on any atom is 0.116 e. The van der Waals surface area contributed by atoms with Crippen molar-refractivity contribution in [2.24, 2.45) is 0 Å². The van der Waals surface area contributed by atoms with Crippen molar-refractivity contribution in [3.05, 3.63) is 28.8 Å². The summed E-state index contributed by atoms with van der Waals surface area (Å²) in [7, 11) is 0. The number of rotatable bonds is 0. The molecule has 1 aliphatic rings. The molecule has 0 amide bonds. The second-order valence-electron chi connectivity index (χ2n) is 3.60. The SMILES string of the molecule is Cc1c2cc(O)cc1CCCC2. The van der Waals surface area contributed by atoms with E-state index in [0.29, 0.717) is 5.75 Å². The summed E-state index contributed by atoms with van der Waals surface area (Å²) in [4.78, 5) is 0. The van der Waals surface area contributed by atoms with Gasteiger partial charge in [-0.15, -0.1) is 0 Å². The van der Waals surface area contributed by atoms with E-state index >= 15 is 0 Å². The Morgan fingerprint density at radius 3 is 2.08 bits per heavy atom. The highest BCUT2D eigenvalue weighted by Crippen LogP contribution is 2.27. The van der Waals surface area contributed by atoms with Gasteiger partial charge >= 0.3 is 0 Å². The van der Waals surface area contributed by atoms with Crippen LogP contribution in [0.3, 0.4) is 0 Å². The van der Waals surface area contributed by atoms with Gasteiger partial charge in [0.05, 0.1) is 0 Å². The molecular formula is C11H14O. The summed E-state index contributed by atoms with van der Waals surface area (Å²) >= 11 is 0. The molecule has 1 aliphatic carbocycles. The van der Waals surface area contributed by atoms with Crippen LogP contribution in [0.1, 0.15) is 29.5 Å². The van der Waals surface area contributed by atoms with Crippen molar-refractivity contribution < 1.29 is 5.11 Å². The molecule has 1 aromatic carbocycles. The number of aryl methyl sites for hydroxylation is 2. The molecule has 2 rings (SSSR count). The second kappa shape index (κ2) is 2.81.